The molecule has 6 heteroatoms. The van der Waals surface area contributed by atoms with Gasteiger partial charge in [-0.15, -0.1) is 0 Å². The zero-order valence-corrected chi connectivity index (χ0v) is 16.4. The average Bonchev–Trinajstić information content (AvgIpc) is 2.83. The molecule has 6 nitrogen and oxygen atoms in total. The number of likely N-dealkylation sites (tertiary alicyclic amines) is 1. The maximum Gasteiger partial charge on any atom is 0.407 e. The normalized spacial score (nSPS) is 18.6. The van der Waals surface area contributed by atoms with Crippen LogP contribution in [0.1, 0.15) is 54.9 Å². The van der Waals surface area contributed by atoms with Crippen molar-refractivity contribution in [2.75, 3.05) is 26.2 Å². The third-order valence-corrected chi connectivity index (χ3v) is 3.93. The first-order chi connectivity index (χ1) is 11.0. The lowest BCUT2D eigenvalue weighted by Crippen LogP contribution is -2.45. The van der Waals surface area contributed by atoms with Crippen molar-refractivity contribution in [2.45, 2.75) is 72.6 Å². The molecule has 0 aromatic rings. The maximum absolute atomic E-state index is 12.5. The summed E-state index contributed by atoms with van der Waals surface area (Å²) in [7, 11) is 0. The van der Waals surface area contributed by atoms with Gasteiger partial charge < -0.3 is 15.0 Å². The summed E-state index contributed by atoms with van der Waals surface area (Å²) in [4.78, 5) is 28.4. The van der Waals surface area contributed by atoms with Crippen LogP contribution in [0.4, 0.5) is 4.79 Å². The average molecular weight is 341 g/mol. The Morgan fingerprint density at radius 1 is 1.25 bits per heavy atom. The van der Waals surface area contributed by atoms with E-state index in [0.29, 0.717) is 31.6 Å². The van der Waals surface area contributed by atoms with Crippen LogP contribution in [-0.2, 0) is 9.53 Å². The zero-order valence-electron chi connectivity index (χ0n) is 16.4. The van der Waals surface area contributed by atoms with Gasteiger partial charge in [-0.3, -0.25) is 9.69 Å². The van der Waals surface area contributed by atoms with Crippen LogP contribution in [0.15, 0.2) is 0 Å². The molecule has 0 spiro atoms. The topological polar surface area (TPSA) is 61.9 Å². The Kier molecular flexibility index (Phi) is 7.52. The molecule has 0 radical (unpaired) electrons. The van der Waals surface area contributed by atoms with E-state index in [0.717, 1.165) is 13.0 Å². The van der Waals surface area contributed by atoms with Gasteiger partial charge in [0, 0.05) is 25.7 Å². The Hall–Kier alpha value is -1.30. The molecule has 0 aliphatic carbocycles. The minimum atomic E-state index is -0.507. The summed E-state index contributed by atoms with van der Waals surface area (Å²) in [6, 6.07) is 0.316. The lowest BCUT2D eigenvalue weighted by molar-refractivity contribution is -0.132. The van der Waals surface area contributed by atoms with Crippen LogP contribution in [0.25, 0.3) is 0 Å². The highest BCUT2D eigenvalue weighted by molar-refractivity contribution is 5.79. The lowest BCUT2D eigenvalue weighted by atomic mass is 10.2. The summed E-state index contributed by atoms with van der Waals surface area (Å²) < 4.78 is 5.27. The molecule has 1 fully saturated rings. The van der Waals surface area contributed by atoms with Gasteiger partial charge in [-0.25, -0.2) is 4.79 Å². The van der Waals surface area contributed by atoms with Crippen molar-refractivity contribution in [1.29, 1.82) is 0 Å². The molecular formula is C18H35N3O3. The Bertz CT molecular complexity index is 430. The van der Waals surface area contributed by atoms with E-state index < -0.39 is 11.7 Å². The summed E-state index contributed by atoms with van der Waals surface area (Å²) in [5.41, 5.74) is -0.507. The molecule has 1 aliphatic heterocycles. The van der Waals surface area contributed by atoms with Crippen LogP contribution in [0.2, 0.25) is 0 Å². The second-order valence-corrected chi connectivity index (χ2v) is 8.39. The summed E-state index contributed by atoms with van der Waals surface area (Å²) in [6.07, 6.45) is 0.363. The molecule has 1 saturated heterocycles. The van der Waals surface area contributed by atoms with Gasteiger partial charge in [0.05, 0.1) is 12.6 Å². The molecule has 0 aromatic carbocycles. The number of hydrogen-bond acceptors (Lipinski definition) is 4. The number of amides is 2. The SMILES string of the molecule is CC(C)CN(CC(=O)N1CCC(NC(=O)OC(C)(C)C)C1)C(C)C. The van der Waals surface area contributed by atoms with Gasteiger partial charge in [0.2, 0.25) is 5.91 Å². The largest absolute Gasteiger partial charge is 0.444 e. The first kappa shape index (κ1) is 20.7. The number of rotatable bonds is 6. The van der Waals surface area contributed by atoms with Crippen LogP contribution in [0.3, 0.4) is 0 Å². The predicted octanol–water partition coefficient (Wildman–Crippen LogP) is 2.48. The third kappa shape index (κ3) is 7.51. The molecule has 1 aliphatic rings. The number of carbonyl (C=O) groups is 2. The summed E-state index contributed by atoms with van der Waals surface area (Å²) in [6.45, 7) is 16.7. The van der Waals surface area contributed by atoms with Gasteiger partial charge >= 0.3 is 6.09 Å². The standard InChI is InChI=1S/C18H35N3O3/c1-13(2)10-21(14(3)4)12-16(22)20-9-8-15(11-20)19-17(23)24-18(5,6)7/h13-15H,8-12H2,1-7H3,(H,19,23). The number of nitrogens with one attached hydrogen (secondary N) is 1. The van der Waals surface area contributed by atoms with Crippen molar-refractivity contribution in [2.24, 2.45) is 5.92 Å². The molecule has 1 heterocycles. The highest BCUT2D eigenvalue weighted by atomic mass is 16.6. The van der Waals surface area contributed by atoms with Gasteiger partial charge in [0.1, 0.15) is 5.60 Å². The fourth-order valence-corrected chi connectivity index (χ4v) is 2.78. The summed E-state index contributed by atoms with van der Waals surface area (Å²) in [5.74, 6) is 0.665. The Balaban J connectivity index is 2.47. The third-order valence-electron chi connectivity index (χ3n) is 3.93. The zero-order chi connectivity index (χ0) is 18.5. The van der Waals surface area contributed by atoms with Crippen LogP contribution in [0, 0.1) is 5.92 Å². The van der Waals surface area contributed by atoms with E-state index in [9.17, 15) is 9.59 Å². The monoisotopic (exact) mass is 341 g/mol. The molecule has 1 atom stereocenters. The van der Waals surface area contributed by atoms with Crippen molar-refractivity contribution in [3.8, 4) is 0 Å². The highest BCUT2D eigenvalue weighted by Crippen LogP contribution is 2.13. The van der Waals surface area contributed by atoms with E-state index in [1.54, 1.807) is 0 Å². The van der Waals surface area contributed by atoms with Gasteiger partial charge in [-0.2, -0.15) is 0 Å². The number of nitrogens with zero attached hydrogens (tertiary/aromatic N) is 2. The molecule has 0 saturated carbocycles. The minimum absolute atomic E-state index is 0.0265. The van der Waals surface area contributed by atoms with Crippen LogP contribution in [0.5, 0.6) is 0 Å². The number of hydrogen-bond donors (Lipinski definition) is 1. The molecule has 0 aromatic heterocycles. The summed E-state index contributed by atoms with van der Waals surface area (Å²) >= 11 is 0. The maximum atomic E-state index is 12.5. The van der Waals surface area contributed by atoms with Crippen LogP contribution < -0.4 is 5.32 Å². The van der Waals surface area contributed by atoms with Crippen molar-refractivity contribution >= 4 is 12.0 Å². The molecule has 1 rings (SSSR count). The molecule has 2 amide bonds. The fraction of sp³-hybridized carbons (Fsp3) is 0.889. The van der Waals surface area contributed by atoms with E-state index in [-0.39, 0.29) is 11.9 Å². The van der Waals surface area contributed by atoms with Crippen molar-refractivity contribution in [3.63, 3.8) is 0 Å². The smallest absolute Gasteiger partial charge is 0.407 e. The minimum Gasteiger partial charge on any atom is -0.444 e. The second kappa shape index (κ2) is 8.70. The Morgan fingerprint density at radius 3 is 2.38 bits per heavy atom. The number of ether oxygens (including phenoxy) is 1. The van der Waals surface area contributed by atoms with Crippen molar-refractivity contribution in [1.82, 2.24) is 15.1 Å². The molecule has 1 N–H and O–H groups in total. The fourth-order valence-electron chi connectivity index (χ4n) is 2.78. The van der Waals surface area contributed by atoms with E-state index in [2.05, 4.69) is 37.9 Å². The number of carbonyl (C=O) groups excluding carboxylic acids is 2. The molecule has 140 valence electrons. The van der Waals surface area contributed by atoms with E-state index in [4.69, 9.17) is 4.74 Å². The Morgan fingerprint density at radius 2 is 1.88 bits per heavy atom. The van der Waals surface area contributed by atoms with Crippen LogP contribution >= 0.6 is 0 Å². The van der Waals surface area contributed by atoms with Gasteiger partial charge in [0.15, 0.2) is 0 Å². The first-order valence-corrected chi connectivity index (χ1v) is 8.99. The van der Waals surface area contributed by atoms with E-state index in [1.807, 2.05) is 25.7 Å². The van der Waals surface area contributed by atoms with Crippen molar-refractivity contribution in [3.05, 3.63) is 0 Å². The predicted molar refractivity (Wildman–Crippen MR) is 95.9 cm³/mol. The molecule has 0 bridgehead atoms. The van der Waals surface area contributed by atoms with Gasteiger partial charge in [0.25, 0.3) is 0 Å². The quantitative estimate of drug-likeness (QED) is 0.806. The first-order valence-electron chi connectivity index (χ1n) is 8.99. The summed E-state index contributed by atoms with van der Waals surface area (Å²) in [5, 5.41) is 2.86. The molecule has 1 unspecified atom stereocenters. The van der Waals surface area contributed by atoms with Crippen molar-refractivity contribution < 1.29 is 14.3 Å². The second-order valence-electron chi connectivity index (χ2n) is 8.39. The Labute approximate surface area is 146 Å². The van der Waals surface area contributed by atoms with Gasteiger partial charge in [-0.1, -0.05) is 13.8 Å². The van der Waals surface area contributed by atoms with E-state index >= 15 is 0 Å². The molecular weight excluding hydrogens is 306 g/mol. The molecule has 24 heavy (non-hydrogen) atoms. The van der Waals surface area contributed by atoms with Gasteiger partial charge in [-0.05, 0) is 47.0 Å². The highest BCUT2D eigenvalue weighted by Gasteiger charge is 2.29. The lowest BCUT2D eigenvalue weighted by Gasteiger charge is -2.29. The number of alkyl carbamates (subject to hydrolysis) is 1. The van der Waals surface area contributed by atoms with E-state index in [1.165, 1.54) is 0 Å². The van der Waals surface area contributed by atoms with Crippen LogP contribution in [-0.4, -0.2) is 65.7 Å².